The first-order chi connectivity index (χ1) is 6.24. The SMILES string of the molecule is C#CCC(C)Nc1ncccc1C. The van der Waals surface area contributed by atoms with Gasteiger partial charge in [-0.2, -0.15) is 0 Å². The van der Waals surface area contributed by atoms with Gasteiger partial charge in [0, 0.05) is 18.7 Å². The van der Waals surface area contributed by atoms with E-state index in [1.54, 1.807) is 6.20 Å². The Hall–Kier alpha value is -1.49. The molecule has 0 aliphatic heterocycles. The lowest BCUT2D eigenvalue weighted by molar-refractivity contribution is 0.819. The average molecular weight is 174 g/mol. The molecule has 2 heteroatoms. The number of aromatic nitrogens is 1. The average Bonchev–Trinajstić information content (AvgIpc) is 2.09. The third-order valence-electron chi connectivity index (χ3n) is 1.82. The van der Waals surface area contributed by atoms with E-state index in [1.165, 1.54) is 0 Å². The van der Waals surface area contributed by atoms with Crippen LogP contribution in [0.4, 0.5) is 5.82 Å². The Labute approximate surface area is 79.4 Å². The van der Waals surface area contributed by atoms with Crippen molar-refractivity contribution in [3.8, 4) is 12.3 Å². The number of aryl methyl sites for hydroxylation is 1. The van der Waals surface area contributed by atoms with Gasteiger partial charge in [-0.25, -0.2) is 4.98 Å². The van der Waals surface area contributed by atoms with E-state index >= 15 is 0 Å². The summed E-state index contributed by atoms with van der Waals surface area (Å²) in [5, 5.41) is 3.26. The minimum Gasteiger partial charge on any atom is -0.366 e. The van der Waals surface area contributed by atoms with Gasteiger partial charge in [-0.3, -0.25) is 0 Å². The van der Waals surface area contributed by atoms with Gasteiger partial charge in [0.2, 0.25) is 0 Å². The summed E-state index contributed by atoms with van der Waals surface area (Å²) >= 11 is 0. The van der Waals surface area contributed by atoms with Gasteiger partial charge in [0.1, 0.15) is 5.82 Å². The van der Waals surface area contributed by atoms with Crippen LogP contribution in [0.3, 0.4) is 0 Å². The number of nitrogens with zero attached hydrogens (tertiary/aromatic N) is 1. The zero-order valence-corrected chi connectivity index (χ0v) is 8.04. The van der Waals surface area contributed by atoms with Gasteiger partial charge in [-0.15, -0.1) is 12.3 Å². The molecule has 1 N–H and O–H groups in total. The van der Waals surface area contributed by atoms with Gasteiger partial charge in [-0.05, 0) is 25.5 Å². The molecule has 1 aromatic rings. The minimum absolute atomic E-state index is 0.276. The molecule has 2 nitrogen and oxygen atoms in total. The van der Waals surface area contributed by atoms with Crippen molar-refractivity contribution in [2.24, 2.45) is 0 Å². The molecule has 0 amide bonds. The Kier molecular flexibility index (Phi) is 3.33. The molecule has 0 radical (unpaired) electrons. The molecule has 0 fully saturated rings. The van der Waals surface area contributed by atoms with E-state index in [0.29, 0.717) is 0 Å². The highest BCUT2D eigenvalue weighted by Gasteiger charge is 2.02. The van der Waals surface area contributed by atoms with Crippen LogP contribution in [0.25, 0.3) is 0 Å². The molecule has 0 saturated heterocycles. The molecule has 0 spiro atoms. The second-order valence-electron chi connectivity index (χ2n) is 3.12. The summed E-state index contributed by atoms with van der Waals surface area (Å²) < 4.78 is 0. The standard InChI is InChI=1S/C11H14N2/c1-4-6-10(3)13-11-9(2)7-5-8-12-11/h1,5,7-8,10H,6H2,2-3H3,(H,12,13). The van der Waals surface area contributed by atoms with E-state index in [1.807, 2.05) is 26.0 Å². The maximum atomic E-state index is 5.21. The molecule has 1 aromatic heterocycles. The van der Waals surface area contributed by atoms with E-state index < -0.39 is 0 Å². The molecule has 68 valence electrons. The predicted molar refractivity (Wildman–Crippen MR) is 55.5 cm³/mol. The number of nitrogens with one attached hydrogen (secondary N) is 1. The zero-order chi connectivity index (χ0) is 9.68. The lowest BCUT2D eigenvalue weighted by atomic mass is 10.2. The summed E-state index contributed by atoms with van der Waals surface area (Å²) in [4.78, 5) is 4.22. The molecule has 1 atom stereocenters. The number of hydrogen-bond acceptors (Lipinski definition) is 2. The molecule has 0 aliphatic carbocycles. The molecule has 0 bridgehead atoms. The molecule has 0 aliphatic rings. The van der Waals surface area contributed by atoms with Gasteiger partial charge < -0.3 is 5.32 Å². The maximum absolute atomic E-state index is 5.21. The largest absolute Gasteiger partial charge is 0.366 e. The van der Waals surface area contributed by atoms with E-state index in [-0.39, 0.29) is 6.04 Å². The van der Waals surface area contributed by atoms with Crippen LogP contribution in [0.15, 0.2) is 18.3 Å². The third-order valence-corrected chi connectivity index (χ3v) is 1.82. The van der Waals surface area contributed by atoms with Crippen LogP contribution in [0.5, 0.6) is 0 Å². The second-order valence-corrected chi connectivity index (χ2v) is 3.12. The first-order valence-corrected chi connectivity index (χ1v) is 4.35. The first-order valence-electron chi connectivity index (χ1n) is 4.35. The fourth-order valence-corrected chi connectivity index (χ4v) is 1.10. The van der Waals surface area contributed by atoms with Crippen molar-refractivity contribution >= 4 is 5.82 Å². The van der Waals surface area contributed by atoms with Crippen LogP contribution < -0.4 is 5.32 Å². The summed E-state index contributed by atoms with van der Waals surface area (Å²) in [6.07, 6.45) is 7.70. The third kappa shape index (κ3) is 2.79. The zero-order valence-electron chi connectivity index (χ0n) is 8.04. The van der Waals surface area contributed by atoms with Gasteiger partial charge >= 0.3 is 0 Å². The summed E-state index contributed by atoms with van der Waals surface area (Å²) in [6.45, 7) is 4.08. The Morgan fingerprint density at radius 2 is 2.46 bits per heavy atom. The van der Waals surface area contributed by atoms with Crippen molar-refractivity contribution in [1.82, 2.24) is 4.98 Å². The number of hydrogen-bond donors (Lipinski definition) is 1. The predicted octanol–water partition coefficient (Wildman–Crippen LogP) is 2.21. The monoisotopic (exact) mass is 174 g/mol. The number of rotatable bonds is 3. The van der Waals surface area contributed by atoms with Crippen molar-refractivity contribution in [1.29, 1.82) is 0 Å². The van der Waals surface area contributed by atoms with Gasteiger partial charge in [0.05, 0.1) is 0 Å². The lowest BCUT2D eigenvalue weighted by Gasteiger charge is -2.12. The van der Waals surface area contributed by atoms with Crippen molar-refractivity contribution in [2.45, 2.75) is 26.3 Å². The molecular formula is C11H14N2. The fourth-order valence-electron chi connectivity index (χ4n) is 1.10. The Morgan fingerprint density at radius 1 is 1.69 bits per heavy atom. The molecule has 0 aromatic carbocycles. The van der Waals surface area contributed by atoms with Crippen molar-refractivity contribution in [3.63, 3.8) is 0 Å². The van der Waals surface area contributed by atoms with Crippen molar-refractivity contribution < 1.29 is 0 Å². The molecule has 0 saturated carbocycles. The number of terminal acetylenes is 1. The Balaban J connectivity index is 2.64. The van der Waals surface area contributed by atoms with Crippen LogP contribution in [0, 0.1) is 19.3 Å². The van der Waals surface area contributed by atoms with Gasteiger partial charge in [0.25, 0.3) is 0 Å². The van der Waals surface area contributed by atoms with E-state index in [2.05, 4.69) is 16.2 Å². The van der Waals surface area contributed by atoms with Crippen LogP contribution in [-0.2, 0) is 0 Å². The Bertz CT molecular complexity index is 312. The maximum Gasteiger partial charge on any atom is 0.129 e. The topological polar surface area (TPSA) is 24.9 Å². The van der Waals surface area contributed by atoms with E-state index in [0.717, 1.165) is 17.8 Å². The minimum atomic E-state index is 0.276. The molecule has 1 heterocycles. The summed E-state index contributed by atoms with van der Waals surface area (Å²) in [7, 11) is 0. The summed E-state index contributed by atoms with van der Waals surface area (Å²) in [6, 6.07) is 4.23. The van der Waals surface area contributed by atoms with Crippen LogP contribution in [-0.4, -0.2) is 11.0 Å². The first kappa shape index (κ1) is 9.60. The number of pyridine rings is 1. The van der Waals surface area contributed by atoms with Crippen LogP contribution in [0.1, 0.15) is 18.9 Å². The quantitative estimate of drug-likeness (QED) is 0.711. The van der Waals surface area contributed by atoms with Crippen LogP contribution in [0.2, 0.25) is 0 Å². The molecule has 1 unspecified atom stereocenters. The molecular weight excluding hydrogens is 160 g/mol. The molecule has 1 rings (SSSR count). The smallest absolute Gasteiger partial charge is 0.129 e. The van der Waals surface area contributed by atoms with Crippen LogP contribution >= 0.6 is 0 Å². The van der Waals surface area contributed by atoms with E-state index in [9.17, 15) is 0 Å². The normalized spacial score (nSPS) is 11.8. The highest BCUT2D eigenvalue weighted by molar-refractivity contribution is 5.43. The summed E-state index contributed by atoms with van der Waals surface area (Å²) in [5.74, 6) is 3.54. The second kappa shape index (κ2) is 4.51. The number of anilines is 1. The summed E-state index contributed by atoms with van der Waals surface area (Å²) in [5.41, 5.74) is 1.14. The van der Waals surface area contributed by atoms with Gasteiger partial charge in [-0.1, -0.05) is 6.07 Å². The van der Waals surface area contributed by atoms with Crippen molar-refractivity contribution in [3.05, 3.63) is 23.9 Å². The Morgan fingerprint density at radius 3 is 3.08 bits per heavy atom. The lowest BCUT2D eigenvalue weighted by Crippen LogP contribution is -2.15. The fraction of sp³-hybridized carbons (Fsp3) is 0.364. The van der Waals surface area contributed by atoms with Crippen molar-refractivity contribution in [2.75, 3.05) is 5.32 Å². The highest BCUT2D eigenvalue weighted by atomic mass is 15.0. The molecule has 13 heavy (non-hydrogen) atoms. The van der Waals surface area contributed by atoms with E-state index in [4.69, 9.17) is 6.42 Å². The van der Waals surface area contributed by atoms with Gasteiger partial charge in [0.15, 0.2) is 0 Å². The highest BCUT2D eigenvalue weighted by Crippen LogP contribution is 2.11.